The maximum absolute atomic E-state index is 5.95. The molecule has 0 spiro atoms. The van der Waals surface area contributed by atoms with E-state index in [0.29, 0.717) is 0 Å². The molecule has 0 aromatic carbocycles. The van der Waals surface area contributed by atoms with Crippen LogP contribution in [0.2, 0.25) is 0 Å². The molecular weight excluding hydrogens is 222 g/mol. The monoisotopic (exact) mass is 253 g/mol. The summed E-state index contributed by atoms with van der Waals surface area (Å²) in [6.07, 6.45) is 8.54. The Morgan fingerprint density at radius 3 is 2.39 bits per heavy atom. The lowest BCUT2D eigenvalue weighted by Crippen LogP contribution is -2.33. The number of ether oxygens (including phenoxy) is 1. The minimum Gasteiger partial charge on any atom is -0.381 e. The van der Waals surface area contributed by atoms with E-state index in [-0.39, 0.29) is 0 Å². The highest BCUT2D eigenvalue weighted by Gasteiger charge is 2.26. The van der Waals surface area contributed by atoms with Gasteiger partial charge in [0, 0.05) is 13.2 Å². The van der Waals surface area contributed by atoms with Crippen LogP contribution in [-0.2, 0) is 4.74 Å². The molecule has 106 valence electrons. The molecule has 0 amide bonds. The molecule has 0 bridgehead atoms. The Hall–Kier alpha value is -0.0800. The first kappa shape index (κ1) is 14.3. The van der Waals surface area contributed by atoms with Gasteiger partial charge in [0.15, 0.2) is 0 Å². The van der Waals surface area contributed by atoms with Crippen molar-refractivity contribution in [1.29, 1.82) is 0 Å². The Morgan fingerprint density at radius 1 is 1.06 bits per heavy atom. The van der Waals surface area contributed by atoms with E-state index < -0.39 is 0 Å². The summed E-state index contributed by atoms with van der Waals surface area (Å²) in [5, 5.41) is 3.64. The molecule has 0 heterocycles. The summed E-state index contributed by atoms with van der Waals surface area (Å²) in [6.45, 7) is 8.88. The molecular formula is C16H31NO. The highest BCUT2D eigenvalue weighted by molar-refractivity contribution is 4.78. The second kappa shape index (κ2) is 7.49. The minimum absolute atomic E-state index is 0.751. The van der Waals surface area contributed by atoms with E-state index in [4.69, 9.17) is 4.74 Å². The Kier molecular flexibility index (Phi) is 5.97. The molecule has 1 unspecified atom stereocenters. The zero-order valence-electron chi connectivity index (χ0n) is 12.3. The van der Waals surface area contributed by atoms with Gasteiger partial charge in [-0.25, -0.2) is 0 Å². The first-order valence-corrected chi connectivity index (χ1v) is 8.04. The first-order valence-electron chi connectivity index (χ1n) is 8.04. The lowest BCUT2D eigenvalue weighted by atomic mass is 9.91. The van der Waals surface area contributed by atoms with Crippen LogP contribution in [-0.4, -0.2) is 26.3 Å². The van der Waals surface area contributed by atoms with E-state index >= 15 is 0 Å². The molecule has 0 aliphatic heterocycles. The smallest absolute Gasteiger partial charge is 0.0509 e. The van der Waals surface area contributed by atoms with Gasteiger partial charge in [-0.1, -0.05) is 39.5 Å². The predicted octanol–water partition coefficient (Wildman–Crippen LogP) is 3.47. The van der Waals surface area contributed by atoms with E-state index in [9.17, 15) is 0 Å². The van der Waals surface area contributed by atoms with Gasteiger partial charge >= 0.3 is 0 Å². The molecule has 0 aromatic rings. The number of rotatable bonds is 9. The fourth-order valence-electron chi connectivity index (χ4n) is 3.02. The summed E-state index contributed by atoms with van der Waals surface area (Å²) in [4.78, 5) is 0. The molecule has 2 rings (SSSR count). The summed E-state index contributed by atoms with van der Waals surface area (Å²) in [5.41, 5.74) is 0. The molecule has 2 aliphatic carbocycles. The quantitative estimate of drug-likeness (QED) is 0.679. The standard InChI is InChI=1S/C16H31NO/c1-13(2)9-17-10-16(15-5-3-4-6-15)12-18-11-14-7-8-14/h13-17H,3-12H2,1-2H3. The maximum atomic E-state index is 5.95. The van der Waals surface area contributed by atoms with Gasteiger partial charge in [-0.05, 0) is 43.1 Å². The van der Waals surface area contributed by atoms with Crippen molar-refractivity contribution in [2.75, 3.05) is 26.3 Å². The highest BCUT2D eigenvalue weighted by atomic mass is 16.5. The van der Waals surface area contributed by atoms with Crippen molar-refractivity contribution in [2.45, 2.75) is 52.4 Å². The lowest BCUT2D eigenvalue weighted by molar-refractivity contribution is 0.0701. The third-order valence-electron chi connectivity index (χ3n) is 4.41. The third kappa shape index (κ3) is 5.27. The largest absolute Gasteiger partial charge is 0.381 e. The molecule has 2 fully saturated rings. The van der Waals surface area contributed by atoms with Crippen LogP contribution in [0.3, 0.4) is 0 Å². The minimum atomic E-state index is 0.751. The van der Waals surface area contributed by atoms with Crippen molar-refractivity contribution in [2.24, 2.45) is 23.7 Å². The van der Waals surface area contributed by atoms with Crippen LogP contribution in [0.4, 0.5) is 0 Å². The number of nitrogens with one attached hydrogen (secondary N) is 1. The average molecular weight is 253 g/mol. The van der Waals surface area contributed by atoms with Crippen molar-refractivity contribution < 1.29 is 4.74 Å². The van der Waals surface area contributed by atoms with Gasteiger partial charge in [0.05, 0.1) is 6.61 Å². The average Bonchev–Trinajstić information content (AvgIpc) is 2.99. The van der Waals surface area contributed by atoms with Crippen LogP contribution in [0.5, 0.6) is 0 Å². The zero-order valence-corrected chi connectivity index (χ0v) is 12.3. The summed E-state index contributed by atoms with van der Waals surface area (Å²) < 4.78 is 5.95. The van der Waals surface area contributed by atoms with Crippen molar-refractivity contribution in [3.8, 4) is 0 Å². The SMILES string of the molecule is CC(C)CNCC(COCC1CC1)C1CCCC1. The van der Waals surface area contributed by atoms with E-state index in [2.05, 4.69) is 19.2 Å². The van der Waals surface area contributed by atoms with E-state index in [1.807, 2.05) is 0 Å². The number of hydrogen-bond acceptors (Lipinski definition) is 2. The van der Waals surface area contributed by atoms with Gasteiger partial charge in [-0.15, -0.1) is 0 Å². The molecule has 2 heteroatoms. The molecule has 1 atom stereocenters. The zero-order chi connectivity index (χ0) is 12.8. The lowest BCUT2D eigenvalue weighted by Gasteiger charge is -2.24. The normalized spacial score (nSPS) is 22.8. The number of hydrogen-bond donors (Lipinski definition) is 1. The molecule has 2 saturated carbocycles. The third-order valence-corrected chi connectivity index (χ3v) is 4.41. The molecule has 0 saturated heterocycles. The van der Waals surface area contributed by atoms with Gasteiger partial charge in [0.25, 0.3) is 0 Å². The van der Waals surface area contributed by atoms with Crippen molar-refractivity contribution >= 4 is 0 Å². The van der Waals surface area contributed by atoms with Gasteiger partial charge in [-0.3, -0.25) is 0 Å². The molecule has 2 nitrogen and oxygen atoms in total. The Balaban J connectivity index is 1.66. The Labute approximate surface area is 113 Å². The van der Waals surface area contributed by atoms with Crippen LogP contribution < -0.4 is 5.32 Å². The van der Waals surface area contributed by atoms with Crippen molar-refractivity contribution in [3.05, 3.63) is 0 Å². The van der Waals surface area contributed by atoms with E-state index in [1.165, 1.54) is 38.5 Å². The molecule has 18 heavy (non-hydrogen) atoms. The van der Waals surface area contributed by atoms with E-state index in [1.54, 1.807) is 0 Å². The van der Waals surface area contributed by atoms with E-state index in [0.717, 1.165) is 50.0 Å². The van der Waals surface area contributed by atoms with Crippen LogP contribution >= 0.6 is 0 Å². The van der Waals surface area contributed by atoms with Crippen molar-refractivity contribution in [3.63, 3.8) is 0 Å². The van der Waals surface area contributed by atoms with Crippen LogP contribution in [0.15, 0.2) is 0 Å². The molecule has 0 radical (unpaired) electrons. The Morgan fingerprint density at radius 2 is 1.78 bits per heavy atom. The van der Waals surface area contributed by atoms with Crippen LogP contribution in [0, 0.1) is 23.7 Å². The topological polar surface area (TPSA) is 21.3 Å². The molecule has 0 aromatic heterocycles. The molecule has 2 aliphatic rings. The van der Waals surface area contributed by atoms with Crippen molar-refractivity contribution in [1.82, 2.24) is 5.32 Å². The highest BCUT2D eigenvalue weighted by Crippen LogP contribution is 2.32. The second-order valence-electron chi connectivity index (χ2n) is 6.84. The molecule has 1 N–H and O–H groups in total. The van der Waals surface area contributed by atoms with Gasteiger partial charge in [0.1, 0.15) is 0 Å². The summed E-state index contributed by atoms with van der Waals surface area (Å²) >= 11 is 0. The fourth-order valence-corrected chi connectivity index (χ4v) is 3.02. The summed E-state index contributed by atoms with van der Waals surface area (Å²) in [6, 6.07) is 0. The van der Waals surface area contributed by atoms with Gasteiger partial charge < -0.3 is 10.1 Å². The predicted molar refractivity (Wildman–Crippen MR) is 76.7 cm³/mol. The summed E-state index contributed by atoms with van der Waals surface area (Å²) in [7, 11) is 0. The maximum Gasteiger partial charge on any atom is 0.0509 e. The van der Waals surface area contributed by atoms with Gasteiger partial charge in [-0.2, -0.15) is 0 Å². The second-order valence-corrected chi connectivity index (χ2v) is 6.84. The van der Waals surface area contributed by atoms with Crippen LogP contribution in [0.1, 0.15) is 52.4 Å². The summed E-state index contributed by atoms with van der Waals surface area (Å²) in [5.74, 6) is 3.33. The Bertz CT molecular complexity index is 211. The van der Waals surface area contributed by atoms with Gasteiger partial charge in [0.2, 0.25) is 0 Å². The van der Waals surface area contributed by atoms with Crippen LogP contribution in [0.25, 0.3) is 0 Å². The fraction of sp³-hybridized carbons (Fsp3) is 1.00. The first-order chi connectivity index (χ1) is 8.75.